The van der Waals surface area contributed by atoms with Crippen LogP contribution in [0.4, 0.5) is 8.78 Å². The lowest BCUT2D eigenvalue weighted by Crippen LogP contribution is -2.31. The van der Waals surface area contributed by atoms with Gasteiger partial charge in [0, 0.05) is 25.8 Å². The van der Waals surface area contributed by atoms with Gasteiger partial charge >= 0.3 is 0 Å². The van der Waals surface area contributed by atoms with E-state index in [4.69, 9.17) is 4.74 Å². The summed E-state index contributed by atoms with van der Waals surface area (Å²) in [5, 5.41) is 9.61. The van der Waals surface area contributed by atoms with E-state index in [1.54, 1.807) is 0 Å². The Labute approximate surface area is 115 Å². The third-order valence-electron chi connectivity index (χ3n) is 2.87. The minimum atomic E-state index is -0.917. The fraction of sp³-hybridized carbons (Fsp3) is 0.462. The van der Waals surface area contributed by atoms with Crippen molar-refractivity contribution in [3.8, 4) is 0 Å². The average Bonchev–Trinajstić information content (AvgIpc) is 2.70. The highest BCUT2D eigenvalue weighted by atomic mass is 19.2. The lowest BCUT2D eigenvalue weighted by molar-refractivity contribution is 0.0415. The molecule has 0 saturated carbocycles. The maximum Gasteiger partial charge on any atom is 0.161 e. The molecular weight excluding hydrogens is 268 g/mol. The van der Waals surface area contributed by atoms with Crippen LogP contribution in [0.2, 0.25) is 0 Å². The molecule has 0 bridgehead atoms. The molecule has 0 aliphatic rings. The van der Waals surface area contributed by atoms with Crippen LogP contribution in [-0.2, 0) is 11.3 Å². The zero-order valence-corrected chi connectivity index (χ0v) is 11.4. The van der Waals surface area contributed by atoms with Gasteiger partial charge in [0.2, 0.25) is 0 Å². The molecule has 20 heavy (non-hydrogen) atoms. The molecule has 1 heterocycles. The van der Waals surface area contributed by atoms with Crippen molar-refractivity contribution in [3.63, 3.8) is 0 Å². The summed E-state index contributed by atoms with van der Waals surface area (Å²) in [6.07, 6.45) is -0.593. The maximum atomic E-state index is 13.1. The Balaban J connectivity index is 2.06. The second-order valence-corrected chi connectivity index (χ2v) is 4.77. The Bertz CT molecular complexity index is 549. The summed E-state index contributed by atoms with van der Waals surface area (Å²) in [7, 11) is 3.33. The van der Waals surface area contributed by atoms with Crippen LogP contribution in [-0.4, -0.2) is 53.4 Å². The Morgan fingerprint density at radius 3 is 2.80 bits per heavy atom. The first-order valence-electron chi connectivity index (χ1n) is 6.18. The number of aromatic nitrogens is 2. The molecule has 7 heteroatoms. The number of hydrogen-bond donors (Lipinski definition) is 2. The van der Waals surface area contributed by atoms with Crippen molar-refractivity contribution in [1.29, 1.82) is 0 Å². The Kier molecular flexibility index (Phi) is 4.64. The molecule has 2 aromatic rings. The topological polar surface area (TPSA) is 61.4 Å². The SMILES string of the molecule is COC[C@H](O)CN(C)Cc1nc2cc(F)c(F)cc2[nH]1. The molecule has 0 aliphatic carbocycles. The van der Waals surface area contributed by atoms with Gasteiger partial charge in [-0.05, 0) is 7.05 Å². The number of benzene rings is 1. The summed E-state index contributed by atoms with van der Waals surface area (Å²) >= 11 is 0. The summed E-state index contributed by atoms with van der Waals surface area (Å²) < 4.78 is 31.0. The number of methoxy groups -OCH3 is 1. The molecule has 2 rings (SSSR count). The molecule has 0 aliphatic heterocycles. The normalized spacial score (nSPS) is 13.3. The number of H-pyrrole nitrogens is 1. The average molecular weight is 285 g/mol. The van der Waals surface area contributed by atoms with Gasteiger partial charge < -0.3 is 14.8 Å². The van der Waals surface area contributed by atoms with Crippen LogP contribution in [0.3, 0.4) is 0 Å². The molecule has 0 radical (unpaired) electrons. The predicted octanol–water partition coefficient (Wildman–Crippen LogP) is 1.28. The third kappa shape index (κ3) is 3.50. The molecule has 2 N–H and O–H groups in total. The Morgan fingerprint density at radius 2 is 2.10 bits per heavy atom. The van der Waals surface area contributed by atoms with Crippen molar-refractivity contribution in [1.82, 2.24) is 14.9 Å². The van der Waals surface area contributed by atoms with E-state index >= 15 is 0 Å². The molecule has 1 atom stereocenters. The highest BCUT2D eigenvalue weighted by Crippen LogP contribution is 2.16. The number of imidazole rings is 1. The largest absolute Gasteiger partial charge is 0.389 e. The van der Waals surface area contributed by atoms with Crippen molar-refractivity contribution >= 4 is 11.0 Å². The third-order valence-corrected chi connectivity index (χ3v) is 2.87. The first-order valence-corrected chi connectivity index (χ1v) is 6.18. The van der Waals surface area contributed by atoms with Crippen molar-refractivity contribution in [2.75, 3.05) is 27.3 Å². The molecule has 110 valence electrons. The number of nitrogens with one attached hydrogen (secondary N) is 1. The molecule has 0 unspecified atom stereocenters. The van der Waals surface area contributed by atoms with Gasteiger partial charge in [-0.15, -0.1) is 0 Å². The smallest absolute Gasteiger partial charge is 0.161 e. The number of aliphatic hydroxyl groups excluding tert-OH is 1. The molecule has 1 aromatic carbocycles. The van der Waals surface area contributed by atoms with E-state index < -0.39 is 17.7 Å². The fourth-order valence-corrected chi connectivity index (χ4v) is 2.06. The maximum absolute atomic E-state index is 13.1. The fourth-order valence-electron chi connectivity index (χ4n) is 2.06. The monoisotopic (exact) mass is 285 g/mol. The number of rotatable bonds is 6. The first kappa shape index (κ1) is 14.8. The van der Waals surface area contributed by atoms with E-state index in [1.807, 2.05) is 11.9 Å². The Hall–Kier alpha value is -1.57. The highest BCUT2D eigenvalue weighted by Gasteiger charge is 2.12. The van der Waals surface area contributed by atoms with E-state index in [2.05, 4.69) is 9.97 Å². The summed E-state index contributed by atoms with van der Waals surface area (Å²) in [5.41, 5.74) is 0.828. The zero-order valence-electron chi connectivity index (χ0n) is 11.4. The highest BCUT2D eigenvalue weighted by molar-refractivity contribution is 5.75. The number of aliphatic hydroxyl groups is 1. The Morgan fingerprint density at radius 1 is 1.40 bits per heavy atom. The van der Waals surface area contributed by atoms with Crippen LogP contribution >= 0.6 is 0 Å². The van der Waals surface area contributed by atoms with Gasteiger partial charge in [-0.3, -0.25) is 4.90 Å². The van der Waals surface area contributed by atoms with Crippen LogP contribution in [0.5, 0.6) is 0 Å². The number of likely N-dealkylation sites (N-methyl/N-ethyl adjacent to an activating group) is 1. The van der Waals surface area contributed by atoms with E-state index in [1.165, 1.54) is 7.11 Å². The van der Waals surface area contributed by atoms with Crippen molar-refractivity contribution < 1.29 is 18.6 Å². The summed E-state index contributed by atoms with van der Waals surface area (Å²) in [4.78, 5) is 8.96. The number of ether oxygens (including phenoxy) is 1. The van der Waals surface area contributed by atoms with Gasteiger partial charge in [0.15, 0.2) is 11.6 Å². The first-order chi connectivity index (χ1) is 9.49. The van der Waals surface area contributed by atoms with Gasteiger partial charge in [0.1, 0.15) is 5.82 Å². The lowest BCUT2D eigenvalue weighted by atomic mass is 10.3. The molecule has 0 saturated heterocycles. The molecule has 0 spiro atoms. The van der Waals surface area contributed by atoms with Crippen molar-refractivity contribution in [2.45, 2.75) is 12.6 Å². The molecular formula is C13H17F2N3O2. The van der Waals surface area contributed by atoms with Gasteiger partial charge in [-0.1, -0.05) is 0 Å². The molecule has 1 aromatic heterocycles. The van der Waals surface area contributed by atoms with E-state index in [0.29, 0.717) is 29.9 Å². The summed E-state index contributed by atoms with van der Waals surface area (Å²) in [5.74, 6) is -1.24. The van der Waals surface area contributed by atoms with Crippen molar-refractivity contribution in [2.24, 2.45) is 0 Å². The van der Waals surface area contributed by atoms with Gasteiger partial charge in [-0.25, -0.2) is 13.8 Å². The number of aromatic amines is 1. The minimum Gasteiger partial charge on any atom is -0.389 e. The van der Waals surface area contributed by atoms with Gasteiger partial charge in [0.25, 0.3) is 0 Å². The minimum absolute atomic E-state index is 0.251. The predicted molar refractivity (Wildman–Crippen MR) is 70.2 cm³/mol. The number of halogens is 2. The quantitative estimate of drug-likeness (QED) is 0.839. The zero-order chi connectivity index (χ0) is 14.7. The van der Waals surface area contributed by atoms with Crippen LogP contribution in [0.1, 0.15) is 5.82 Å². The summed E-state index contributed by atoms with van der Waals surface area (Å²) in [6.45, 7) is 1.09. The van der Waals surface area contributed by atoms with E-state index in [0.717, 1.165) is 12.1 Å². The number of nitrogens with zero attached hydrogens (tertiary/aromatic N) is 2. The van der Waals surface area contributed by atoms with Crippen LogP contribution in [0.25, 0.3) is 11.0 Å². The molecule has 5 nitrogen and oxygen atoms in total. The van der Waals surface area contributed by atoms with Gasteiger partial charge in [-0.2, -0.15) is 0 Å². The number of hydrogen-bond acceptors (Lipinski definition) is 4. The standard InChI is InChI=1S/C13H17F2N3O2/c1-18(5-8(19)7-20-2)6-13-16-11-3-9(14)10(15)4-12(11)17-13/h3-4,8,19H,5-7H2,1-2H3,(H,16,17)/t8-/m1/s1. The van der Waals surface area contributed by atoms with Crippen LogP contribution in [0, 0.1) is 11.6 Å². The van der Waals surface area contributed by atoms with Gasteiger partial charge in [0.05, 0.1) is 30.3 Å². The molecule has 0 fully saturated rings. The van der Waals surface area contributed by atoms with Crippen molar-refractivity contribution in [3.05, 3.63) is 29.6 Å². The van der Waals surface area contributed by atoms with E-state index in [-0.39, 0.29) is 6.61 Å². The lowest BCUT2D eigenvalue weighted by Gasteiger charge is -2.18. The summed E-state index contributed by atoms with van der Waals surface area (Å²) in [6, 6.07) is 2.14. The molecule has 0 amide bonds. The van der Waals surface area contributed by atoms with Crippen LogP contribution in [0.15, 0.2) is 12.1 Å². The second kappa shape index (κ2) is 6.25. The second-order valence-electron chi connectivity index (χ2n) is 4.77. The van der Waals surface area contributed by atoms with Crippen LogP contribution < -0.4 is 0 Å². The number of fused-ring (bicyclic) bond motifs is 1. The van der Waals surface area contributed by atoms with E-state index in [9.17, 15) is 13.9 Å².